The Balaban J connectivity index is 1.24. The number of carboxylic acid groups (broad SMARTS) is 1. The number of benzene rings is 1. The molecule has 1 aromatic rings. The first-order chi connectivity index (χ1) is 26.2. The van der Waals surface area contributed by atoms with Crippen LogP contribution in [0.5, 0.6) is 0 Å². The summed E-state index contributed by atoms with van der Waals surface area (Å²) >= 11 is 0. The van der Waals surface area contributed by atoms with Crippen molar-refractivity contribution in [3.63, 3.8) is 0 Å². The number of aliphatic carboxylic acids is 1. The maximum atomic E-state index is 13.4. The zero-order valence-corrected chi connectivity index (χ0v) is 31.1. The maximum Gasteiger partial charge on any atom is 0.325 e. The zero-order chi connectivity index (χ0) is 40.2. The average Bonchev–Trinajstić information content (AvgIpc) is 3.97. The van der Waals surface area contributed by atoms with Crippen molar-refractivity contribution in [2.45, 2.75) is 95.0 Å². The molecular weight excluding hydrogens is 718 g/mol. The second-order valence-corrected chi connectivity index (χ2v) is 13.9. The Morgan fingerprint density at radius 1 is 0.691 bits per heavy atom. The van der Waals surface area contributed by atoms with E-state index in [4.69, 9.17) is 5.73 Å². The summed E-state index contributed by atoms with van der Waals surface area (Å²) in [5, 5.41) is 21.6. The van der Waals surface area contributed by atoms with Crippen LogP contribution < -0.4 is 32.3 Å². The van der Waals surface area contributed by atoms with Crippen LogP contribution >= 0.6 is 0 Å². The molecule has 0 aromatic heterocycles. The van der Waals surface area contributed by atoms with E-state index in [-0.39, 0.29) is 31.3 Å². The third-order valence-electron chi connectivity index (χ3n) is 10.00. The standard InChI is InChI=1S/C36H51N9O10/c1-21(31(49)38-19-28(46)42-24(17-23-9-4-3-5-10-23)32(50)41-22(2)36(54)55)40-34(52)26-12-6-14-43(26)30(48)20-39-33(51)25-11-7-16-45(25)35(53)27-13-8-15-44(27)29(47)18-37/h3-5,9-10,21-22,24-27H,6-8,11-20,37H2,1-2H3,(H,38,49)(H,39,51)(H,40,52)(H,41,50)(H,42,46)(H,54,55)/t21-,22-,24-,25-,26-,27-/m0/s1. The molecule has 3 heterocycles. The summed E-state index contributed by atoms with van der Waals surface area (Å²) in [5.41, 5.74) is 6.21. The molecule has 3 aliphatic heterocycles. The number of carboxylic acids is 1. The van der Waals surface area contributed by atoms with E-state index in [1.807, 2.05) is 0 Å². The fraction of sp³-hybridized carbons (Fsp3) is 0.583. The number of hydrogen-bond donors (Lipinski definition) is 7. The van der Waals surface area contributed by atoms with Gasteiger partial charge in [0.05, 0.1) is 19.6 Å². The highest BCUT2D eigenvalue weighted by Crippen LogP contribution is 2.25. The van der Waals surface area contributed by atoms with E-state index in [2.05, 4.69) is 26.6 Å². The van der Waals surface area contributed by atoms with Gasteiger partial charge < -0.3 is 52.1 Å². The lowest BCUT2D eigenvalue weighted by atomic mass is 10.0. The van der Waals surface area contributed by atoms with Crippen molar-refractivity contribution in [1.29, 1.82) is 0 Å². The molecule has 1 aromatic carbocycles. The molecule has 19 nitrogen and oxygen atoms in total. The fourth-order valence-electron chi connectivity index (χ4n) is 7.03. The molecule has 0 unspecified atom stereocenters. The van der Waals surface area contributed by atoms with E-state index < -0.39 is 90.8 Å². The Bertz CT molecular complexity index is 1630. The first-order valence-corrected chi connectivity index (χ1v) is 18.5. The maximum absolute atomic E-state index is 13.4. The molecular formula is C36H51N9O10. The first-order valence-electron chi connectivity index (χ1n) is 18.5. The smallest absolute Gasteiger partial charge is 0.325 e. The van der Waals surface area contributed by atoms with Crippen molar-refractivity contribution < 1.29 is 48.3 Å². The van der Waals surface area contributed by atoms with Crippen LogP contribution in [-0.2, 0) is 49.6 Å². The van der Waals surface area contributed by atoms with Crippen LogP contribution in [0.25, 0.3) is 0 Å². The van der Waals surface area contributed by atoms with Crippen LogP contribution in [0, 0.1) is 0 Å². The summed E-state index contributed by atoms with van der Waals surface area (Å²) in [5.74, 6) is -5.69. The van der Waals surface area contributed by atoms with Crippen LogP contribution in [0.1, 0.15) is 57.9 Å². The Morgan fingerprint density at radius 3 is 1.89 bits per heavy atom. The number of likely N-dealkylation sites (tertiary alicyclic amines) is 3. The van der Waals surface area contributed by atoms with Crippen LogP contribution in [0.4, 0.5) is 0 Å². The number of carbonyl (C=O) groups is 9. The Morgan fingerprint density at radius 2 is 1.27 bits per heavy atom. The van der Waals surface area contributed by atoms with Crippen LogP contribution in [0.3, 0.4) is 0 Å². The molecule has 19 heteroatoms. The van der Waals surface area contributed by atoms with Gasteiger partial charge in [-0.3, -0.25) is 43.2 Å². The molecule has 0 bridgehead atoms. The third kappa shape index (κ3) is 11.2. The summed E-state index contributed by atoms with van der Waals surface area (Å²) in [4.78, 5) is 119. The van der Waals surface area contributed by atoms with Crippen molar-refractivity contribution in [2.75, 3.05) is 39.3 Å². The molecule has 0 spiro atoms. The molecule has 300 valence electrons. The van der Waals surface area contributed by atoms with Gasteiger partial charge in [0, 0.05) is 26.1 Å². The first kappa shape index (κ1) is 42.2. The quantitative estimate of drug-likeness (QED) is 0.0889. The van der Waals surface area contributed by atoms with E-state index in [0.717, 1.165) is 0 Å². The van der Waals surface area contributed by atoms with Gasteiger partial charge in [0.1, 0.15) is 36.3 Å². The van der Waals surface area contributed by atoms with Crippen molar-refractivity contribution >= 4 is 53.2 Å². The van der Waals surface area contributed by atoms with Gasteiger partial charge in [-0.05, 0) is 57.9 Å². The van der Waals surface area contributed by atoms with Crippen LogP contribution in [-0.4, -0.2) is 149 Å². The monoisotopic (exact) mass is 769 g/mol. The number of hydrogen-bond acceptors (Lipinski definition) is 10. The number of nitrogens with one attached hydrogen (secondary N) is 5. The average molecular weight is 770 g/mol. The predicted octanol–water partition coefficient (Wildman–Crippen LogP) is -3.03. The number of nitrogens with two attached hydrogens (primary N) is 1. The van der Waals surface area contributed by atoms with E-state index in [1.165, 1.54) is 28.5 Å². The molecule has 8 amide bonds. The molecule has 6 atom stereocenters. The molecule has 0 radical (unpaired) electrons. The minimum atomic E-state index is -1.25. The van der Waals surface area contributed by atoms with Crippen molar-refractivity contribution in [3.05, 3.63) is 35.9 Å². The Hall–Kier alpha value is -5.59. The molecule has 0 aliphatic carbocycles. The predicted molar refractivity (Wildman–Crippen MR) is 194 cm³/mol. The molecule has 4 rings (SSSR count). The van der Waals surface area contributed by atoms with Gasteiger partial charge in [0.2, 0.25) is 47.3 Å². The summed E-state index contributed by atoms with van der Waals surface area (Å²) < 4.78 is 0. The Kier molecular flexibility index (Phi) is 15.1. The number of carbonyl (C=O) groups excluding carboxylic acids is 8. The van der Waals surface area contributed by atoms with Crippen molar-refractivity contribution in [2.24, 2.45) is 5.73 Å². The summed E-state index contributed by atoms with van der Waals surface area (Å²) in [7, 11) is 0. The second kappa shape index (κ2) is 19.7. The van der Waals surface area contributed by atoms with Crippen LogP contribution in [0.2, 0.25) is 0 Å². The summed E-state index contributed by atoms with van der Waals surface area (Å²) in [6.07, 6.45) is 3.00. The highest BCUT2D eigenvalue weighted by molar-refractivity contribution is 5.97. The molecule has 3 aliphatic rings. The van der Waals surface area contributed by atoms with Gasteiger partial charge in [-0.25, -0.2) is 0 Å². The highest BCUT2D eigenvalue weighted by Gasteiger charge is 2.42. The minimum absolute atomic E-state index is 0.0578. The normalized spacial score (nSPS) is 20.9. The molecule has 3 saturated heterocycles. The van der Waals surface area contributed by atoms with E-state index >= 15 is 0 Å². The fourth-order valence-corrected chi connectivity index (χ4v) is 7.03. The van der Waals surface area contributed by atoms with Crippen molar-refractivity contribution in [3.8, 4) is 0 Å². The van der Waals surface area contributed by atoms with Gasteiger partial charge in [-0.2, -0.15) is 0 Å². The van der Waals surface area contributed by atoms with Crippen LogP contribution in [0.15, 0.2) is 30.3 Å². The second-order valence-electron chi connectivity index (χ2n) is 13.9. The SMILES string of the molecule is C[C@H](NC(=O)[C@H](Cc1ccccc1)NC(=O)CNC(=O)[C@H](C)NC(=O)[C@@H]1CCCN1C(=O)CNC(=O)[C@@H]1CCCN1C(=O)[C@@H]1CCCN1C(=O)CN)C(=O)O. The molecule has 3 fully saturated rings. The lowest BCUT2D eigenvalue weighted by Gasteiger charge is -2.31. The number of amides is 8. The molecule has 8 N–H and O–H groups in total. The van der Waals surface area contributed by atoms with Gasteiger partial charge in [-0.1, -0.05) is 30.3 Å². The van der Waals surface area contributed by atoms with E-state index in [9.17, 15) is 48.3 Å². The van der Waals surface area contributed by atoms with Gasteiger partial charge in [0.25, 0.3) is 0 Å². The summed E-state index contributed by atoms with van der Waals surface area (Å²) in [6, 6.07) is 2.89. The molecule has 55 heavy (non-hydrogen) atoms. The Labute approximate surface area is 318 Å². The third-order valence-corrected chi connectivity index (χ3v) is 10.00. The lowest BCUT2D eigenvalue weighted by Crippen LogP contribution is -2.56. The summed E-state index contributed by atoms with van der Waals surface area (Å²) in [6.45, 7) is 2.53. The van der Waals surface area contributed by atoms with E-state index in [0.29, 0.717) is 57.2 Å². The number of rotatable bonds is 16. The largest absolute Gasteiger partial charge is 0.480 e. The minimum Gasteiger partial charge on any atom is -0.480 e. The lowest BCUT2D eigenvalue weighted by molar-refractivity contribution is -0.146. The van der Waals surface area contributed by atoms with Gasteiger partial charge in [-0.15, -0.1) is 0 Å². The zero-order valence-electron chi connectivity index (χ0n) is 31.1. The number of nitrogens with zero attached hydrogens (tertiary/aromatic N) is 3. The van der Waals surface area contributed by atoms with E-state index in [1.54, 1.807) is 30.3 Å². The molecule has 0 saturated carbocycles. The van der Waals surface area contributed by atoms with Gasteiger partial charge in [0.15, 0.2) is 0 Å². The highest BCUT2D eigenvalue weighted by atomic mass is 16.4. The van der Waals surface area contributed by atoms with Crippen molar-refractivity contribution in [1.82, 2.24) is 41.3 Å². The van der Waals surface area contributed by atoms with Gasteiger partial charge >= 0.3 is 5.97 Å². The topological polar surface area (TPSA) is 270 Å².